The summed E-state index contributed by atoms with van der Waals surface area (Å²) in [5, 5.41) is 3.42. The molecule has 0 aliphatic carbocycles. The number of nitrogens with zero attached hydrogens (tertiary/aromatic N) is 1. The fraction of sp³-hybridized carbons (Fsp3) is 0.120. The van der Waals surface area contributed by atoms with E-state index in [4.69, 9.17) is 4.74 Å². The molecule has 0 spiro atoms. The number of nitrogens with one attached hydrogen (secondary N) is 1. The van der Waals surface area contributed by atoms with Gasteiger partial charge in [-0.3, -0.25) is 9.69 Å². The van der Waals surface area contributed by atoms with Crippen LogP contribution in [-0.4, -0.2) is 17.9 Å². The molecule has 0 bridgehead atoms. The maximum Gasteiger partial charge on any atom is 0.264 e. The van der Waals surface area contributed by atoms with Crippen molar-refractivity contribution in [2.45, 2.75) is 12.1 Å². The molecule has 4 rings (SSSR count). The summed E-state index contributed by atoms with van der Waals surface area (Å²) in [5.74, 6) is 1.29. The van der Waals surface area contributed by atoms with E-state index in [0.717, 1.165) is 22.4 Å². The second-order valence-corrected chi connectivity index (χ2v) is 6.87. The van der Waals surface area contributed by atoms with Crippen LogP contribution in [0.3, 0.4) is 0 Å². The fourth-order valence-corrected chi connectivity index (χ4v) is 3.74. The predicted molar refractivity (Wildman–Crippen MR) is 113 cm³/mol. The molecule has 1 aliphatic rings. The summed E-state index contributed by atoms with van der Waals surface area (Å²) in [5.41, 5.74) is 4.64. The van der Waals surface area contributed by atoms with Crippen LogP contribution in [0.25, 0.3) is 0 Å². The number of ether oxygens (including phenoxy) is 1. The minimum Gasteiger partial charge on any atom is -0.497 e. The van der Waals surface area contributed by atoms with Gasteiger partial charge in [-0.25, -0.2) is 0 Å². The quantitative estimate of drug-likeness (QED) is 0.673. The summed E-state index contributed by atoms with van der Waals surface area (Å²) < 4.78 is 5.23. The topological polar surface area (TPSA) is 41.6 Å². The molecule has 0 atom stereocenters. The van der Waals surface area contributed by atoms with Crippen molar-refractivity contribution in [1.29, 1.82) is 0 Å². The summed E-state index contributed by atoms with van der Waals surface area (Å²) in [7, 11) is 1.63. The molecule has 0 saturated carbocycles. The van der Waals surface area contributed by atoms with Gasteiger partial charge in [0.2, 0.25) is 0 Å². The van der Waals surface area contributed by atoms with Gasteiger partial charge in [-0.05, 0) is 28.8 Å². The molecule has 1 saturated heterocycles. The van der Waals surface area contributed by atoms with Crippen molar-refractivity contribution in [2.75, 3.05) is 7.11 Å². The second-order valence-electron chi connectivity index (χ2n) is 6.87. The molecule has 1 aliphatic heterocycles. The van der Waals surface area contributed by atoms with E-state index in [1.54, 1.807) is 12.0 Å². The first kappa shape index (κ1) is 18.6. The van der Waals surface area contributed by atoms with E-state index >= 15 is 0 Å². The average Bonchev–Trinajstić information content (AvgIpc) is 3.08. The highest BCUT2D eigenvalue weighted by molar-refractivity contribution is 5.95. The van der Waals surface area contributed by atoms with E-state index < -0.39 is 5.54 Å². The van der Waals surface area contributed by atoms with Gasteiger partial charge in [0.05, 0.1) is 13.7 Å². The fourth-order valence-electron chi connectivity index (χ4n) is 3.74. The van der Waals surface area contributed by atoms with Crippen LogP contribution in [0.2, 0.25) is 0 Å². The minimum atomic E-state index is -1.02. The number of amides is 1. The summed E-state index contributed by atoms with van der Waals surface area (Å²) in [4.78, 5) is 15.6. The third-order valence-electron chi connectivity index (χ3n) is 5.22. The van der Waals surface area contributed by atoms with E-state index in [1.165, 1.54) is 0 Å². The van der Waals surface area contributed by atoms with E-state index in [9.17, 15) is 4.79 Å². The third kappa shape index (κ3) is 3.20. The van der Waals surface area contributed by atoms with Crippen molar-refractivity contribution in [3.8, 4) is 5.75 Å². The molecule has 4 heteroatoms. The normalized spacial score (nSPS) is 15.0. The van der Waals surface area contributed by atoms with Crippen LogP contribution in [0.5, 0.6) is 5.75 Å². The number of benzene rings is 3. The maximum absolute atomic E-state index is 13.9. The summed E-state index contributed by atoms with van der Waals surface area (Å²) in [6, 6.07) is 27.2. The summed E-state index contributed by atoms with van der Waals surface area (Å²) >= 11 is 0. The maximum atomic E-state index is 13.9. The monoisotopic (exact) mass is 382 g/mol. The zero-order valence-corrected chi connectivity index (χ0v) is 16.3. The lowest BCUT2D eigenvalue weighted by atomic mass is 9.82. The van der Waals surface area contributed by atoms with Gasteiger partial charge in [0.1, 0.15) is 5.75 Å². The van der Waals surface area contributed by atoms with Crippen molar-refractivity contribution in [3.05, 3.63) is 120 Å². The molecule has 1 amide bonds. The first-order valence-corrected chi connectivity index (χ1v) is 9.43. The molecule has 1 fully saturated rings. The van der Waals surface area contributed by atoms with E-state index in [-0.39, 0.29) is 5.91 Å². The molecule has 0 radical (unpaired) electrons. The highest BCUT2D eigenvalue weighted by Gasteiger charge is 2.51. The Kier molecular flexibility index (Phi) is 4.94. The lowest BCUT2D eigenvalue weighted by Crippen LogP contribution is -2.44. The van der Waals surface area contributed by atoms with E-state index in [2.05, 4.69) is 17.6 Å². The number of methoxy groups -OCH3 is 1. The van der Waals surface area contributed by atoms with Crippen LogP contribution >= 0.6 is 0 Å². The Bertz CT molecular complexity index is 1010. The number of carbonyl (C=O) groups excluding carboxylic acids is 1. The first-order chi connectivity index (χ1) is 14.2. The van der Waals surface area contributed by atoms with Crippen molar-refractivity contribution >= 4 is 5.91 Å². The molecule has 3 aromatic rings. The highest BCUT2D eigenvalue weighted by atomic mass is 16.5. The Labute approximate surface area is 170 Å². The number of carbonyl (C=O) groups is 1. The molecule has 0 unspecified atom stereocenters. The Balaban J connectivity index is 1.79. The number of hydrogen-bond acceptors (Lipinski definition) is 3. The summed E-state index contributed by atoms with van der Waals surface area (Å²) in [6.07, 6.45) is 0. The van der Waals surface area contributed by atoms with E-state index in [1.807, 2.05) is 84.9 Å². The van der Waals surface area contributed by atoms with Gasteiger partial charge in [-0.15, -0.1) is 0 Å². The zero-order valence-electron chi connectivity index (χ0n) is 16.3. The number of hydrogen-bond donors (Lipinski definition) is 1. The van der Waals surface area contributed by atoms with Crippen LogP contribution in [0.1, 0.15) is 16.7 Å². The largest absolute Gasteiger partial charge is 0.497 e. The Morgan fingerprint density at radius 1 is 0.931 bits per heavy atom. The Morgan fingerprint density at radius 3 is 1.97 bits per heavy atom. The molecular formula is C25H22N2O2. The smallest absolute Gasteiger partial charge is 0.264 e. The lowest BCUT2D eigenvalue weighted by Gasteiger charge is -2.28. The van der Waals surface area contributed by atoms with Crippen molar-refractivity contribution in [1.82, 2.24) is 10.2 Å². The Morgan fingerprint density at radius 2 is 1.48 bits per heavy atom. The Hall–Kier alpha value is -3.75. The van der Waals surface area contributed by atoms with Crippen molar-refractivity contribution in [2.24, 2.45) is 0 Å². The van der Waals surface area contributed by atoms with Gasteiger partial charge in [-0.2, -0.15) is 0 Å². The third-order valence-corrected chi connectivity index (χ3v) is 5.22. The molecule has 29 heavy (non-hydrogen) atoms. The summed E-state index contributed by atoms with van der Waals surface area (Å²) in [6.45, 7) is 4.22. The van der Waals surface area contributed by atoms with Crippen LogP contribution in [0.4, 0.5) is 0 Å². The van der Waals surface area contributed by atoms with Gasteiger partial charge in [-0.1, -0.05) is 85.1 Å². The molecule has 144 valence electrons. The molecule has 3 aromatic carbocycles. The molecule has 4 nitrogen and oxygen atoms in total. The van der Waals surface area contributed by atoms with Crippen LogP contribution in [0.15, 0.2) is 103 Å². The van der Waals surface area contributed by atoms with Crippen molar-refractivity contribution in [3.63, 3.8) is 0 Å². The molecule has 0 aromatic heterocycles. The van der Waals surface area contributed by atoms with Gasteiger partial charge in [0.25, 0.3) is 5.91 Å². The van der Waals surface area contributed by atoms with Crippen LogP contribution in [-0.2, 0) is 16.9 Å². The SMILES string of the molecule is C=C=C1NC(c2ccccc2)(c2ccccc2)C(=O)N1Cc1ccc(OC)cc1. The predicted octanol–water partition coefficient (Wildman–Crippen LogP) is 4.20. The highest BCUT2D eigenvalue weighted by Crippen LogP contribution is 2.39. The van der Waals surface area contributed by atoms with Crippen LogP contribution in [0, 0.1) is 0 Å². The van der Waals surface area contributed by atoms with Gasteiger partial charge in [0.15, 0.2) is 11.4 Å². The zero-order chi connectivity index (χ0) is 20.3. The second kappa shape index (κ2) is 7.70. The lowest BCUT2D eigenvalue weighted by molar-refractivity contribution is -0.131. The van der Waals surface area contributed by atoms with E-state index in [0.29, 0.717) is 12.4 Å². The van der Waals surface area contributed by atoms with Gasteiger partial charge in [0, 0.05) is 0 Å². The van der Waals surface area contributed by atoms with Gasteiger partial charge < -0.3 is 10.1 Å². The number of rotatable bonds is 5. The van der Waals surface area contributed by atoms with Crippen LogP contribution < -0.4 is 10.1 Å². The van der Waals surface area contributed by atoms with Gasteiger partial charge >= 0.3 is 0 Å². The molecule has 1 N–H and O–H groups in total. The minimum absolute atomic E-state index is 0.0585. The standard InChI is InChI=1S/C25H22N2O2/c1-3-23-26-25(20-10-6-4-7-11-20,21-12-8-5-9-13-21)24(28)27(23)18-19-14-16-22(29-2)17-15-19/h4-17,26H,1,18H2,2H3. The first-order valence-electron chi connectivity index (χ1n) is 9.43. The molecular weight excluding hydrogens is 360 g/mol. The van der Waals surface area contributed by atoms with Crippen molar-refractivity contribution < 1.29 is 9.53 Å². The molecule has 1 heterocycles. The average molecular weight is 382 g/mol.